The van der Waals surface area contributed by atoms with Gasteiger partial charge in [-0.25, -0.2) is 0 Å². The number of nitrogens with zero attached hydrogens (tertiary/aromatic N) is 1. The third-order valence-corrected chi connectivity index (χ3v) is 4.54. The van der Waals surface area contributed by atoms with E-state index in [4.69, 9.17) is 0 Å². The van der Waals surface area contributed by atoms with E-state index in [1.165, 1.54) is 0 Å². The Morgan fingerprint density at radius 2 is 1.95 bits per heavy atom. The molecule has 0 aliphatic heterocycles. The van der Waals surface area contributed by atoms with Crippen LogP contribution in [0, 0.1) is 6.92 Å². The molecule has 3 aromatic rings. The molecule has 0 spiro atoms. The molecule has 0 amide bonds. The number of benzene rings is 1. The molecule has 0 unspecified atom stereocenters. The fourth-order valence-electron chi connectivity index (χ4n) is 2.63. The first-order chi connectivity index (χ1) is 9.72. The molecule has 2 nitrogen and oxygen atoms in total. The van der Waals surface area contributed by atoms with Crippen LogP contribution in [0.4, 0.5) is 0 Å². The first-order valence-electron chi connectivity index (χ1n) is 6.90. The van der Waals surface area contributed by atoms with E-state index in [0.29, 0.717) is 0 Å². The van der Waals surface area contributed by atoms with E-state index in [1.807, 2.05) is 47.0 Å². The summed E-state index contributed by atoms with van der Waals surface area (Å²) < 4.78 is 1.83. The largest absolute Gasteiger partial charge is 0.271 e. The van der Waals surface area contributed by atoms with Gasteiger partial charge in [-0.05, 0) is 30.5 Å². The van der Waals surface area contributed by atoms with Gasteiger partial charge in [0.1, 0.15) is 4.83 Å². The van der Waals surface area contributed by atoms with Crippen LogP contribution in [0.3, 0.4) is 0 Å². The molecule has 1 aromatic carbocycles. The quantitative estimate of drug-likeness (QED) is 0.702. The van der Waals surface area contributed by atoms with Gasteiger partial charge in [0, 0.05) is 11.1 Å². The van der Waals surface area contributed by atoms with E-state index in [-0.39, 0.29) is 5.56 Å². The lowest BCUT2D eigenvalue weighted by Crippen LogP contribution is -2.18. The molecular weight excluding hydrogens is 266 g/mol. The number of hydrogen-bond donors (Lipinski definition) is 0. The molecule has 102 valence electrons. The zero-order valence-electron chi connectivity index (χ0n) is 11.7. The molecule has 3 heteroatoms. The maximum absolute atomic E-state index is 12.9. The van der Waals surface area contributed by atoms with Gasteiger partial charge in [0.15, 0.2) is 0 Å². The van der Waals surface area contributed by atoms with E-state index in [9.17, 15) is 4.79 Å². The van der Waals surface area contributed by atoms with Gasteiger partial charge in [0.25, 0.3) is 5.56 Å². The predicted molar refractivity (Wildman–Crippen MR) is 85.7 cm³/mol. The average Bonchev–Trinajstić information content (AvgIpc) is 2.82. The highest BCUT2D eigenvalue weighted by molar-refractivity contribution is 7.15. The summed E-state index contributed by atoms with van der Waals surface area (Å²) >= 11 is 1.63. The maximum Gasteiger partial charge on any atom is 0.264 e. The van der Waals surface area contributed by atoms with Gasteiger partial charge in [0.05, 0.1) is 5.56 Å². The third-order valence-electron chi connectivity index (χ3n) is 3.54. The van der Waals surface area contributed by atoms with Crippen LogP contribution in [0.5, 0.6) is 0 Å². The van der Waals surface area contributed by atoms with E-state index >= 15 is 0 Å². The molecule has 0 aliphatic carbocycles. The minimum atomic E-state index is 0.107. The van der Waals surface area contributed by atoms with Crippen LogP contribution in [0.2, 0.25) is 0 Å². The number of pyridine rings is 1. The molecule has 0 radical (unpaired) electrons. The molecule has 0 fully saturated rings. The zero-order valence-corrected chi connectivity index (χ0v) is 12.5. The van der Waals surface area contributed by atoms with E-state index in [0.717, 1.165) is 40.1 Å². The van der Waals surface area contributed by atoms with Crippen LogP contribution in [0.15, 0.2) is 46.6 Å². The normalized spacial score (nSPS) is 11.1. The van der Waals surface area contributed by atoms with Crippen molar-refractivity contribution in [1.29, 1.82) is 0 Å². The molecule has 0 bridgehead atoms. The summed E-state index contributed by atoms with van der Waals surface area (Å²) in [4.78, 5) is 13.9. The minimum absolute atomic E-state index is 0.107. The first kappa shape index (κ1) is 13.1. The van der Waals surface area contributed by atoms with Crippen LogP contribution in [-0.4, -0.2) is 4.40 Å². The summed E-state index contributed by atoms with van der Waals surface area (Å²) in [5, 5.41) is 2.04. The average molecular weight is 283 g/mol. The molecule has 20 heavy (non-hydrogen) atoms. The Labute approximate surface area is 122 Å². The second-order valence-electron chi connectivity index (χ2n) is 5.02. The fourth-order valence-corrected chi connectivity index (χ4v) is 3.57. The van der Waals surface area contributed by atoms with Gasteiger partial charge in [-0.2, -0.15) is 0 Å². The van der Waals surface area contributed by atoms with Crippen molar-refractivity contribution in [3.05, 3.63) is 63.4 Å². The molecular formula is C17H17NOS. The lowest BCUT2D eigenvalue weighted by molar-refractivity contribution is 0.914. The van der Waals surface area contributed by atoms with Gasteiger partial charge in [-0.3, -0.25) is 9.20 Å². The highest BCUT2D eigenvalue weighted by atomic mass is 32.1. The van der Waals surface area contributed by atoms with Gasteiger partial charge >= 0.3 is 0 Å². The Hall–Kier alpha value is -1.87. The molecule has 3 rings (SSSR count). The SMILES string of the molecule is CCCc1cc2scc(C)n2c(=O)c1-c1ccccc1. The number of thiazole rings is 1. The first-order valence-corrected chi connectivity index (χ1v) is 7.78. The van der Waals surface area contributed by atoms with Crippen LogP contribution in [0.1, 0.15) is 24.6 Å². The molecule has 2 aromatic heterocycles. The molecule has 0 saturated heterocycles. The highest BCUT2D eigenvalue weighted by Gasteiger charge is 2.14. The van der Waals surface area contributed by atoms with Crippen molar-refractivity contribution in [2.24, 2.45) is 0 Å². The predicted octanol–water partition coefficient (Wildman–Crippen LogP) is 4.29. The Balaban J connectivity index is 2.38. The van der Waals surface area contributed by atoms with Crippen molar-refractivity contribution in [3.8, 4) is 11.1 Å². The molecule has 2 heterocycles. The fraction of sp³-hybridized carbons (Fsp3) is 0.235. The summed E-state index contributed by atoms with van der Waals surface area (Å²) in [6.07, 6.45) is 1.98. The summed E-state index contributed by atoms with van der Waals surface area (Å²) in [6, 6.07) is 12.2. The van der Waals surface area contributed by atoms with Crippen LogP contribution in [-0.2, 0) is 6.42 Å². The number of aryl methyl sites for hydroxylation is 2. The Kier molecular flexibility index (Phi) is 3.45. The second-order valence-corrected chi connectivity index (χ2v) is 5.91. The van der Waals surface area contributed by atoms with Crippen molar-refractivity contribution < 1.29 is 0 Å². The Morgan fingerprint density at radius 1 is 1.20 bits per heavy atom. The minimum Gasteiger partial charge on any atom is -0.271 e. The van der Waals surface area contributed by atoms with Crippen molar-refractivity contribution >= 4 is 16.2 Å². The van der Waals surface area contributed by atoms with Crippen molar-refractivity contribution in [3.63, 3.8) is 0 Å². The summed E-state index contributed by atoms with van der Waals surface area (Å²) in [7, 11) is 0. The van der Waals surface area contributed by atoms with Gasteiger partial charge in [-0.15, -0.1) is 11.3 Å². The van der Waals surface area contributed by atoms with Crippen molar-refractivity contribution in [1.82, 2.24) is 4.40 Å². The van der Waals surface area contributed by atoms with Crippen molar-refractivity contribution in [2.75, 3.05) is 0 Å². The number of fused-ring (bicyclic) bond motifs is 1. The molecule has 0 atom stereocenters. The summed E-state index contributed by atoms with van der Waals surface area (Å²) in [5.74, 6) is 0. The molecule has 0 saturated carbocycles. The third kappa shape index (κ3) is 2.08. The van der Waals surface area contributed by atoms with Gasteiger partial charge in [-0.1, -0.05) is 43.7 Å². The Bertz CT molecular complexity index is 799. The number of aromatic nitrogens is 1. The van der Waals surface area contributed by atoms with Gasteiger partial charge < -0.3 is 0 Å². The second kappa shape index (κ2) is 5.25. The van der Waals surface area contributed by atoms with E-state index < -0.39 is 0 Å². The maximum atomic E-state index is 12.9. The Morgan fingerprint density at radius 3 is 2.65 bits per heavy atom. The highest BCUT2D eigenvalue weighted by Crippen LogP contribution is 2.25. The van der Waals surface area contributed by atoms with Crippen LogP contribution < -0.4 is 5.56 Å². The van der Waals surface area contributed by atoms with Crippen molar-refractivity contribution in [2.45, 2.75) is 26.7 Å². The smallest absolute Gasteiger partial charge is 0.264 e. The van der Waals surface area contributed by atoms with Crippen LogP contribution >= 0.6 is 11.3 Å². The monoisotopic (exact) mass is 283 g/mol. The zero-order chi connectivity index (χ0) is 14.1. The summed E-state index contributed by atoms with van der Waals surface area (Å²) in [6.45, 7) is 4.13. The lowest BCUT2D eigenvalue weighted by Gasteiger charge is -2.10. The van der Waals surface area contributed by atoms with E-state index in [1.54, 1.807) is 11.3 Å². The number of hydrogen-bond acceptors (Lipinski definition) is 2. The van der Waals surface area contributed by atoms with E-state index in [2.05, 4.69) is 13.0 Å². The van der Waals surface area contributed by atoms with Crippen LogP contribution in [0.25, 0.3) is 16.0 Å². The summed E-state index contributed by atoms with van der Waals surface area (Å²) in [5.41, 5.74) is 4.14. The van der Waals surface area contributed by atoms with Gasteiger partial charge in [0.2, 0.25) is 0 Å². The molecule has 0 aliphatic rings. The lowest BCUT2D eigenvalue weighted by atomic mass is 9.99. The number of rotatable bonds is 3. The molecule has 0 N–H and O–H groups in total. The standard InChI is InChI=1S/C17H17NOS/c1-3-7-14-10-15-18(12(2)11-20-15)17(19)16(14)13-8-5-4-6-9-13/h4-6,8-11H,3,7H2,1-2H3. The topological polar surface area (TPSA) is 21.5 Å².